The zero-order chi connectivity index (χ0) is 17.9. The van der Waals surface area contributed by atoms with Crippen LogP contribution >= 0.6 is 0 Å². The molecule has 4 rings (SSSR count). The number of benzene rings is 2. The SMILES string of the molecule is O=C(COc1ccc(N2CCCC2=O)cc1)NC1CCc2ccccc21. The largest absolute Gasteiger partial charge is 0.484 e. The van der Waals surface area contributed by atoms with Crippen molar-refractivity contribution in [2.45, 2.75) is 31.7 Å². The Bertz CT molecular complexity index is 816. The third-order valence-electron chi connectivity index (χ3n) is 5.06. The molecule has 5 heteroatoms. The summed E-state index contributed by atoms with van der Waals surface area (Å²) < 4.78 is 5.60. The van der Waals surface area contributed by atoms with Crippen LogP contribution in [-0.2, 0) is 16.0 Å². The van der Waals surface area contributed by atoms with Gasteiger partial charge in [-0.25, -0.2) is 0 Å². The van der Waals surface area contributed by atoms with Crippen LogP contribution in [0.3, 0.4) is 0 Å². The molecule has 1 unspecified atom stereocenters. The van der Waals surface area contributed by atoms with Gasteiger partial charge in [-0.2, -0.15) is 0 Å². The Morgan fingerprint density at radius 1 is 1.12 bits per heavy atom. The van der Waals surface area contributed by atoms with Crippen LogP contribution in [0.2, 0.25) is 0 Å². The number of hydrogen-bond donors (Lipinski definition) is 1. The molecule has 0 spiro atoms. The number of carbonyl (C=O) groups is 2. The van der Waals surface area contributed by atoms with Crippen molar-refractivity contribution in [3.05, 3.63) is 59.7 Å². The molecule has 2 amide bonds. The zero-order valence-corrected chi connectivity index (χ0v) is 14.6. The maximum Gasteiger partial charge on any atom is 0.258 e. The van der Waals surface area contributed by atoms with Crippen molar-refractivity contribution in [1.29, 1.82) is 0 Å². The van der Waals surface area contributed by atoms with Gasteiger partial charge in [0.05, 0.1) is 6.04 Å². The second-order valence-electron chi connectivity index (χ2n) is 6.79. The van der Waals surface area contributed by atoms with Gasteiger partial charge in [0.2, 0.25) is 5.91 Å². The third kappa shape index (κ3) is 3.43. The summed E-state index contributed by atoms with van der Waals surface area (Å²) in [5.41, 5.74) is 3.40. The first kappa shape index (κ1) is 16.6. The van der Waals surface area contributed by atoms with Gasteiger partial charge >= 0.3 is 0 Å². The molecule has 1 aliphatic heterocycles. The summed E-state index contributed by atoms with van der Waals surface area (Å²) in [6.45, 7) is 0.755. The number of aryl methyl sites for hydroxylation is 1. The minimum absolute atomic E-state index is 0.0132. The van der Waals surface area contributed by atoms with Crippen LogP contribution in [0.4, 0.5) is 5.69 Å². The Morgan fingerprint density at radius 2 is 1.92 bits per heavy atom. The van der Waals surface area contributed by atoms with E-state index in [1.54, 1.807) is 17.0 Å². The predicted molar refractivity (Wildman–Crippen MR) is 99.2 cm³/mol. The van der Waals surface area contributed by atoms with E-state index >= 15 is 0 Å². The molecule has 1 saturated heterocycles. The first-order valence-electron chi connectivity index (χ1n) is 9.11. The fourth-order valence-electron chi connectivity index (χ4n) is 3.74. The van der Waals surface area contributed by atoms with Gasteiger partial charge in [0.25, 0.3) is 5.91 Å². The molecule has 0 aromatic heterocycles. The normalized spacial score (nSPS) is 18.7. The number of ether oxygens (including phenoxy) is 1. The summed E-state index contributed by atoms with van der Waals surface area (Å²) in [6, 6.07) is 15.6. The van der Waals surface area contributed by atoms with E-state index in [1.807, 2.05) is 24.3 Å². The summed E-state index contributed by atoms with van der Waals surface area (Å²) in [7, 11) is 0. The predicted octanol–water partition coefficient (Wildman–Crippen LogP) is 3.00. The van der Waals surface area contributed by atoms with E-state index in [1.165, 1.54) is 11.1 Å². The number of amides is 2. The van der Waals surface area contributed by atoms with Crippen molar-refractivity contribution in [3.8, 4) is 5.75 Å². The maximum absolute atomic E-state index is 12.2. The number of carbonyl (C=O) groups excluding carboxylic acids is 2. The molecule has 1 atom stereocenters. The molecule has 1 heterocycles. The zero-order valence-electron chi connectivity index (χ0n) is 14.6. The van der Waals surface area contributed by atoms with Gasteiger partial charge in [-0.1, -0.05) is 24.3 Å². The Hall–Kier alpha value is -2.82. The van der Waals surface area contributed by atoms with E-state index < -0.39 is 0 Å². The van der Waals surface area contributed by atoms with Gasteiger partial charge in [-0.15, -0.1) is 0 Å². The highest BCUT2D eigenvalue weighted by atomic mass is 16.5. The van der Waals surface area contributed by atoms with E-state index in [0.29, 0.717) is 12.2 Å². The van der Waals surface area contributed by atoms with Crippen LogP contribution in [0, 0.1) is 0 Å². The molecule has 1 aliphatic carbocycles. The summed E-state index contributed by atoms with van der Waals surface area (Å²) in [5.74, 6) is 0.669. The highest BCUT2D eigenvalue weighted by molar-refractivity contribution is 5.95. The van der Waals surface area contributed by atoms with Crippen LogP contribution < -0.4 is 15.0 Å². The summed E-state index contributed by atoms with van der Waals surface area (Å²) in [6.07, 6.45) is 3.45. The Balaban J connectivity index is 1.30. The average Bonchev–Trinajstić information content (AvgIpc) is 3.27. The summed E-state index contributed by atoms with van der Waals surface area (Å²) in [5, 5.41) is 3.05. The molecule has 2 aromatic rings. The smallest absolute Gasteiger partial charge is 0.258 e. The fourth-order valence-corrected chi connectivity index (χ4v) is 3.74. The van der Waals surface area contributed by atoms with Crippen molar-refractivity contribution < 1.29 is 14.3 Å². The van der Waals surface area contributed by atoms with Crippen molar-refractivity contribution in [2.75, 3.05) is 18.1 Å². The van der Waals surface area contributed by atoms with Crippen LogP contribution in [0.1, 0.15) is 36.4 Å². The maximum atomic E-state index is 12.2. The number of nitrogens with zero attached hydrogens (tertiary/aromatic N) is 1. The van der Waals surface area contributed by atoms with Gasteiger partial charge in [0.1, 0.15) is 5.75 Å². The number of fused-ring (bicyclic) bond motifs is 1. The Morgan fingerprint density at radius 3 is 2.69 bits per heavy atom. The lowest BCUT2D eigenvalue weighted by molar-refractivity contribution is -0.123. The average molecular weight is 350 g/mol. The quantitative estimate of drug-likeness (QED) is 0.902. The molecule has 0 bridgehead atoms. The van der Waals surface area contributed by atoms with Gasteiger partial charge in [0.15, 0.2) is 6.61 Å². The topological polar surface area (TPSA) is 58.6 Å². The molecule has 2 aromatic carbocycles. The van der Waals surface area contributed by atoms with E-state index in [9.17, 15) is 9.59 Å². The lowest BCUT2D eigenvalue weighted by Gasteiger charge is -2.16. The molecule has 1 fully saturated rings. The fraction of sp³-hybridized carbons (Fsp3) is 0.333. The molecular weight excluding hydrogens is 328 g/mol. The lowest BCUT2D eigenvalue weighted by Crippen LogP contribution is -2.31. The van der Waals surface area contributed by atoms with Crippen LogP contribution in [0.5, 0.6) is 5.75 Å². The van der Waals surface area contributed by atoms with E-state index in [0.717, 1.165) is 31.5 Å². The van der Waals surface area contributed by atoms with Crippen LogP contribution in [0.25, 0.3) is 0 Å². The highest BCUT2D eigenvalue weighted by Gasteiger charge is 2.24. The Kier molecular flexibility index (Phi) is 4.61. The van der Waals surface area contributed by atoms with E-state index in [4.69, 9.17) is 4.74 Å². The lowest BCUT2D eigenvalue weighted by atomic mass is 10.1. The molecule has 0 saturated carbocycles. The monoisotopic (exact) mass is 350 g/mol. The van der Waals surface area contributed by atoms with E-state index in [2.05, 4.69) is 17.4 Å². The molecule has 1 N–H and O–H groups in total. The molecule has 26 heavy (non-hydrogen) atoms. The van der Waals surface area contributed by atoms with Gasteiger partial charge < -0.3 is 15.0 Å². The summed E-state index contributed by atoms with van der Waals surface area (Å²) in [4.78, 5) is 25.8. The number of nitrogens with one attached hydrogen (secondary N) is 1. The molecular formula is C21H22N2O3. The third-order valence-corrected chi connectivity index (χ3v) is 5.06. The standard InChI is InChI=1S/C21H22N2O3/c24-20(22-19-12-7-15-4-1-2-5-18(15)19)14-26-17-10-8-16(9-11-17)23-13-3-6-21(23)25/h1-2,4-5,8-11,19H,3,6-7,12-14H2,(H,22,24). The molecule has 2 aliphatic rings. The summed E-state index contributed by atoms with van der Waals surface area (Å²) >= 11 is 0. The van der Waals surface area contributed by atoms with Gasteiger partial charge in [-0.3, -0.25) is 9.59 Å². The number of anilines is 1. The molecule has 134 valence electrons. The van der Waals surface area contributed by atoms with Crippen LogP contribution in [-0.4, -0.2) is 25.0 Å². The van der Waals surface area contributed by atoms with Crippen molar-refractivity contribution in [1.82, 2.24) is 5.32 Å². The molecule has 5 nitrogen and oxygen atoms in total. The number of rotatable bonds is 5. The first-order chi connectivity index (χ1) is 12.7. The minimum Gasteiger partial charge on any atom is -0.484 e. The van der Waals surface area contributed by atoms with Gasteiger partial charge in [-0.05, 0) is 54.7 Å². The minimum atomic E-state index is -0.120. The highest BCUT2D eigenvalue weighted by Crippen LogP contribution is 2.30. The molecule has 0 radical (unpaired) electrons. The second kappa shape index (κ2) is 7.20. The second-order valence-corrected chi connectivity index (χ2v) is 6.79. The van der Waals surface area contributed by atoms with Crippen molar-refractivity contribution >= 4 is 17.5 Å². The Labute approximate surface area is 153 Å². The van der Waals surface area contributed by atoms with Gasteiger partial charge in [0, 0.05) is 18.7 Å². The van der Waals surface area contributed by atoms with Crippen molar-refractivity contribution in [3.63, 3.8) is 0 Å². The van der Waals surface area contributed by atoms with Crippen molar-refractivity contribution in [2.24, 2.45) is 0 Å². The first-order valence-corrected chi connectivity index (χ1v) is 9.11. The van der Waals surface area contributed by atoms with E-state index in [-0.39, 0.29) is 24.5 Å². The number of hydrogen-bond acceptors (Lipinski definition) is 3. The van der Waals surface area contributed by atoms with Crippen LogP contribution in [0.15, 0.2) is 48.5 Å².